The van der Waals surface area contributed by atoms with E-state index in [1.165, 1.54) is 0 Å². The number of aromatic nitrogens is 3. The van der Waals surface area contributed by atoms with Crippen LogP contribution in [0.15, 0.2) is 18.6 Å². The molecule has 1 spiro atoms. The fraction of sp³-hybridized carbons (Fsp3) is 0.647. The highest BCUT2D eigenvalue weighted by Crippen LogP contribution is 2.46. The first-order chi connectivity index (χ1) is 12.6. The highest BCUT2D eigenvalue weighted by atomic mass is 32.2. The van der Waals surface area contributed by atoms with E-state index < -0.39 is 10.2 Å². The van der Waals surface area contributed by atoms with Gasteiger partial charge in [0.2, 0.25) is 0 Å². The summed E-state index contributed by atoms with van der Waals surface area (Å²) in [6, 6.07) is 1.97. The second kappa shape index (κ2) is 6.79. The van der Waals surface area contributed by atoms with Crippen molar-refractivity contribution in [1.29, 1.82) is 0 Å². The zero-order valence-electron chi connectivity index (χ0n) is 15.1. The Balaban J connectivity index is 1.50. The molecule has 8 nitrogen and oxygen atoms in total. The molecule has 26 heavy (non-hydrogen) atoms. The van der Waals surface area contributed by atoms with Crippen LogP contribution in [0.4, 0.5) is 5.82 Å². The number of nitrogens with one attached hydrogen (secondary N) is 2. The molecule has 1 aliphatic heterocycles. The van der Waals surface area contributed by atoms with Crippen LogP contribution < -0.4 is 9.62 Å². The number of piperazine rings is 1. The molecular weight excluding hydrogens is 352 g/mol. The standard InChI is InChI=1S/C17H26N6O2S/c1-2-3-4-8-21-26(24,25)23-11-10-22(12-17(23)6-7-17)16-14-5-9-18-15(14)19-13-20-16/h5,9,13,21H,2-4,6-8,10-12H2,1H3,(H,18,19,20). The van der Waals surface area contributed by atoms with E-state index in [2.05, 4.69) is 31.5 Å². The Labute approximate surface area is 154 Å². The predicted octanol–water partition coefficient (Wildman–Crippen LogP) is 1.64. The van der Waals surface area contributed by atoms with Gasteiger partial charge in [-0.3, -0.25) is 0 Å². The fourth-order valence-corrected chi connectivity index (χ4v) is 5.46. The number of unbranched alkanes of at least 4 members (excludes halogenated alkanes) is 2. The second-order valence-corrected chi connectivity index (χ2v) is 8.94. The normalized spacial score (nSPS) is 20.1. The zero-order valence-corrected chi connectivity index (χ0v) is 15.9. The largest absolute Gasteiger partial charge is 0.353 e. The van der Waals surface area contributed by atoms with E-state index in [0.29, 0.717) is 26.2 Å². The predicted molar refractivity (Wildman–Crippen MR) is 101 cm³/mol. The number of hydrogen-bond acceptors (Lipinski definition) is 5. The number of rotatable bonds is 7. The summed E-state index contributed by atoms with van der Waals surface area (Å²) in [6.07, 6.45) is 8.23. The van der Waals surface area contributed by atoms with Gasteiger partial charge in [-0.1, -0.05) is 19.8 Å². The van der Waals surface area contributed by atoms with Gasteiger partial charge in [0.1, 0.15) is 17.8 Å². The van der Waals surface area contributed by atoms with Crippen LogP contribution in [0.2, 0.25) is 0 Å². The molecule has 4 rings (SSSR count). The zero-order chi connectivity index (χ0) is 18.2. The van der Waals surface area contributed by atoms with Crippen LogP contribution >= 0.6 is 0 Å². The van der Waals surface area contributed by atoms with Crippen molar-refractivity contribution in [3.05, 3.63) is 18.6 Å². The van der Waals surface area contributed by atoms with Crippen LogP contribution in [0.3, 0.4) is 0 Å². The molecule has 9 heteroatoms. The monoisotopic (exact) mass is 378 g/mol. The minimum absolute atomic E-state index is 0.289. The van der Waals surface area contributed by atoms with E-state index >= 15 is 0 Å². The molecule has 2 fully saturated rings. The number of anilines is 1. The van der Waals surface area contributed by atoms with Crippen molar-refractivity contribution in [2.24, 2.45) is 0 Å². The van der Waals surface area contributed by atoms with Crippen molar-refractivity contribution in [3.8, 4) is 0 Å². The van der Waals surface area contributed by atoms with Crippen LogP contribution in [0, 0.1) is 0 Å². The van der Waals surface area contributed by atoms with E-state index in [0.717, 1.165) is 49.0 Å². The second-order valence-electron chi connectivity index (χ2n) is 7.26. The molecule has 0 aromatic carbocycles. The van der Waals surface area contributed by atoms with Crippen LogP contribution in [0.1, 0.15) is 39.0 Å². The Bertz CT molecular complexity index is 876. The quantitative estimate of drug-likeness (QED) is 0.714. The first-order valence-electron chi connectivity index (χ1n) is 9.36. The first-order valence-corrected chi connectivity index (χ1v) is 10.8. The number of aromatic amines is 1. The van der Waals surface area contributed by atoms with Crippen molar-refractivity contribution in [3.63, 3.8) is 0 Å². The Hall–Kier alpha value is -1.71. The van der Waals surface area contributed by atoms with E-state index in [4.69, 9.17) is 0 Å². The van der Waals surface area contributed by atoms with Gasteiger partial charge in [0.15, 0.2) is 0 Å². The molecule has 142 valence electrons. The van der Waals surface area contributed by atoms with Crippen LogP contribution in [-0.4, -0.2) is 59.4 Å². The smallest absolute Gasteiger partial charge is 0.280 e. The Kier molecular flexibility index (Phi) is 4.62. The maximum Gasteiger partial charge on any atom is 0.280 e. The molecule has 0 amide bonds. The first kappa shape index (κ1) is 17.7. The summed E-state index contributed by atoms with van der Waals surface area (Å²) in [5, 5.41) is 0.984. The molecule has 1 aliphatic carbocycles. The van der Waals surface area contributed by atoms with Gasteiger partial charge < -0.3 is 9.88 Å². The number of hydrogen-bond donors (Lipinski definition) is 2. The molecule has 1 saturated carbocycles. The molecule has 0 unspecified atom stereocenters. The van der Waals surface area contributed by atoms with Gasteiger partial charge in [-0.05, 0) is 25.3 Å². The van der Waals surface area contributed by atoms with Gasteiger partial charge in [-0.15, -0.1) is 0 Å². The van der Waals surface area contributed by atoms with Crippen LogP contribution in [0.25, 0.3) is 11.0 Å². The number of fused-ring (bicyclic) bond motifs is 1. The summed E-state index contributed by atoms with van der Waals surface area (Å²) in [5.41, 5.74) is 0.523. The summed E-state index contributed by atoms with van der Waals surface area (Å²) < 4.78 is 30.0. The summed E-state index contributed by atoms with van der Waals surface area (Å²) >= 11 is 0. The van der Waals surface area contributed by atoms with Gasteiger partial charge in [-0.2, -0.15) is 12.7 Å². The molecule has 2 aliphatic rings. The molecule has 1 saturated heterocycles. The van der Waals surface area contributed by atoms with Gasteiger partial charge in [0.25, 0.3) is 10.2 Å². The molecular formula is C17H26N6O2S. The van der Waals surface area contributed by atoms with E-state index in [1.54, 1.807) is 10.6 Å². The highest BCUT2D eigenvalue weighted by Gasteiger charge is 2.55. The molecule has 2 N–H and O–H groups in total. The minimum Gasteiger partial charge on any atom is -0.353 e. The maximum atomic E-state index is 12.8. The van der Waals surface area contributed by atoms with Gasteiger partial charge >= 0.3 is 0 Å². The molecule has 0 bridgehead atoms. The van der Waals surface area contributed by atoms with Gasteiger partial charge in [0, 0.05) is 32.4 Å². The summed E-state index contributed by atoms with van der Waals surface area (Å²) in [6.45, 7) is 4.43. The lowest BCUT2D eigenvalue weighted by Crippen LogP contribution is -2.59. The Morgan fingerprint density at radius 3 is 2.88 bits per heavy atom. The summed E-state index contributed by atoms with van der Waals surface area (Å²) in [5.74, 6) is 0.885. The SMILES string of the molecule is CCCCCNS(=O)(=O)N1CCN(c2ncnc3[nH]ccc23)CC12CC2. The molecule has 2 aromatic rings. The fourth-order valence-electron chi connectivity index (χ4n) is 3.83. The molecule has 3 heterocycles. The lowest BCUT2D eigenvalue weighted by Gasteiger charge is -2.41. The topological polar surface area (TPSA) is 94.2 Å². The summed E-state index contributed by atoms with van der Waals surface area (Å²) in [7, 11) is -3.43. The van der Waals surface area contributed by atoms with Gasteiger partial charge in [0.05, 0.1) is 10.9 Å². The molecule has 0 radical (unpaired) electrons. The minimum atomic E-state index is -3.43. The van der Waals surface area contributed by atoms with Gasteiger partial charge in [-0.25, -0.2) is 14.7 Å². The molecule has 0 atom stereocenters. The Morgan fingerprint density at radius 1 is 1.27 bits per heavy atom. The highest BCUT2D eigenvalue weighted by molar-refractivity contribution is 7.87. The van der Waals surface area contributed by atoms with Crippen LogP contribution in [-0.2, 0) is 10.2 Å². The molecule has 2 aromatic heterocycles. The number of nitrogens with zero attached hydrogens (tertiary/aromatic N) is 4. The number of H-pyrrole nitrogens is 1. The Morgan fingerprint density at radius 2 is 2.12 bits per heavy atom. The third-order valence-corrected chi connectivity index (χ3v) is 7.12. The lowest BCUT2D eigenvalue weighted by atomic mass is 10.2. The third-order valence-electron chi connectivity index (χ3n) is 5.40. The van der Waals surface area contributed by atoms with Crippen molar-refractivity contribution >= 4 is 27.1 Å². The maximum absolute atomic E-state index is 12.8. The average molecular weight is 379 g/mol. The summed E-state index contributed by atoms with van der Waals surface area (Å²) in [4.78, 5) is 14.0. The van der Waals surface area contributed by atoms with Crippen LogP contribution in [0.5, 0.6) is 0 Å². The van der Waals surface area contributed by atoms with E-state index in [1.807, 2.05) is 12.3 Å². The van der Waals surface area contributed by atoms with E-state index in [9.17, 15) is 8.42 Å². The average Bonchev–Trinajstić information content (AvgIpc) is 3.20. The van der Waals surface area contributed by atoms with Crippen molar-refractivity contribution in [2.75, 3.05) is 31.1 Å². The van der Waals surface area contributed by atoms with E-state index in [-0.39, 0.29) is 5.54 Å². The van der Waals surface area contributed by atoms with Crippen molar-refractivity contribution in [2.45, 2.75) is 44.6 Å². The van der Waals surface area contributed by atoms with Crippen molar-refractivity contribution < 1.29 is 8.42 Å². The lowest BCUT2D eigenvalue weighted by molar-refractivity contribution is 0.267. The third kappa shape index (κ3) is 3.19. The van der Waals surface area contributed by atoms with Crippen molar-refractivity contribution in [1.82, 2.24) is 24.0 Å².